The van der Waals surface area contributed by atoms with E-state index in [1.165, 1.54) is 18.2 Å². The van der Waals surface area contributed by atoms with Gasteiger partial charge in [0.15, 0.2) is 0 Å². The number of hydrogen-bond acceptors (Lipinski definition) is 2. The van der Waals surface area contributed by atoms with Gasteiger partial charge in [-0.15, -0.1) is 0 Å². The zero-order valence-electron chi connectivity index (χ0n) is 11.9. The van der Waals surface area contributed by atoms with Gasteiger partial charge >= 0.3 is 0 Å². The molecule has 0 aliphatic carbocycles. The summed E-state index contributed by atoms with van der Waals surface area (Å²) in [6.45, 7) is 2.42. The standard InChI is InChI=1S/C17H14ClF2NO/c1-10-9-21-17(15-13(19)3-2-4-14(15)20)22-16(10)11-5-7-12(18)8-6-11/h2-8,10,16H,9H2,1H3. The van der Waals surface area contributed by atoms with E-state index < -0.39 is 11.6 Å². The van der Waals surface area contributed by atoms with Gasteiger partial charge in [0.25, 0.3) is 0 Å². The first-order valence-electron chi connectivity index (χ1n) is 6.97. The highest BCUT2D eigenvalue weighted by Crippen LogP contribution is 2.32. The fourth-order valence-electron chi connectivity index (χ4n) is 2.49. The Bertz CT molecular complexity index is 695. The van der Waals surface area contributed by atoms with Crippen molar-refractivity contribution in [3.8, 4) is 0 Å². The molecule has 5 heteroatoms. The molecule has 0 radical (unpaired) electrons. The SMILES string of the molecule is CC1CN=C(c2c(F)cccc2F)OC1c1ccc(Cl)cc1. The molecule has 1 heterocycles. The second kappa shape index (κ2) is 6.05. The summed E-state index contributed by atoms with van der Waals surface area (Å²) in [5, 5.41) is 0.626. The number of aliphatic imine (C=N–C) groups is 1. The average molecular weight is 322 g/mol. The maximum atomic E-state index is 13.9. The van der Waals surface area contributed by atoms with E-state index in [-0.39, 0.29) is 23.5 Å². The molecule has 0 N–H and O–H groups in total. The minimum atomic E-state index is -0.678. The normalized spacial score (nSPS) is 21.2. The van der Waals surface area contributed by atoms with Crippen molar-refractivity contribution in [2.24, 2.45) is 10.9 Å². The number of nitrogens with zero attached hydrogens (tertiary/aromatic N) is 1. The predicted octanol–water partition coefficient (Wildman–Crippen LogP) is 4.77. The lowest BCUT2D eigenvalue weighted by atomic mass is 9.96. The highest BCUT2D eigenvalue weighted by Gasteiger charge is 2.29. The van der Waals surface area contributed by atoms with Gasteiger partial charge in [-0.05, 0) is 29.8 Å². The third-order valence-corrected chi connectivity index (χ3v) is 3.91. The molecule has 3 rings (SSSR count). The second-order valence-electron chi connectivity index (χ2n) is 5.31. The third-order valence-electron chi connectivity index (χ3n) is 3.65. The van der Waals surface area contributed by atoms with Crippen molar-refractivity contribution in [2.45, 2.75) is 13.0 Å². The van der Waals surface area contributed by atoms with Gasteiger partial charge in [-0.25, -0.2) is 8.78 Å². The molecule has 0 bridgehead atoms. The molecule has 0 saturated carbocycles. The number of halogens is 3. The molecule has 0 amide bonds. The van der Waals surface area contributed by atoms with E-state index in [2.05, 4.69) is 4.99 Å². The predicted molar refractivity (Wildman–Crippen MR) is 82.2 cm³/mol. The molecule has 114 valence electrons. The molecule has 2 unspecified atom stereocenters. The molecule has 2 atom stereocenters. The summed E-state index contributed by atoms with van der Waals surface area (Å²) in [5.74, 6) is -1.25. The van der Waals surface area contributed by atoms with Crippen LogP contribution in [0.2, 0.25) is 5.02 Å². The largest absolute Gasteiger partial charge is 0.469 e. The summed E-state index contributed by atoms with van der Waals surface area (Å²) in [6.07, 6.45) is -0.316. The highest BCUT2D eigenvalue weighted by molar-refractivity contribution is 6.30. The molecular weight excluding hydrogens is 308 g/mol. The van der Waals surface area contributed by atoms with Crippen molar-refractivity contribution in [1.29, 1.82) is 0 Å². The van der Waals surface area contributed by atoms with Crippen LogP contribution in [-0.4, -0.2) is 12.4 Å². The van der Waals surface area contributed by atoms with E-state index in [1.807, 2.05) is 19.1 Å². The van der Waals surface area contributed by atoms with Gasteiger partial charge in [0.05, 0.1) is 0 Å². The quantitative estimate of drug-likeness (QED) is 0.780. The van der Waals surface area contributed by atoms with Crippen LogP contribution in [0.3, 0.4) is 0 Å². The maximum absolute atomic E-state index is 13.9. The Kier molecular flexibility index (Phi) is 4.12. The lowest BCUT2D eigenvalue weighted by Crippen LogP contribution is -2.27. The van der Waals surface area contributed by atoms with Gasteiger partial charge in [0, 0.05) is 17.5 Å². The lowest BCUT2D eigenvalue weighted by molar-refractivity contribution is 0.119. The van der Waals surface area contributed by atoms with E-state index in [4.69, 9.17) is 16.3 Å². The van der Waals surface area contributed by atoms with Crippen molar-refractivity contribution in [3.05, 3.63) is 70.2 Å². The van der Waals surface area contributed by atoms with E-state index in [1.54, 1.807) is 12.1 Å². The number of benzene rings is 2. The summed E-state index contributed by atoms with van der Waals surface area (Å²) in [7, 11) is 0. The summed E-state index contributed by atoms with van der Waals surface area (Å²) in [4.78, 5) is 4.18. The topological polar surface area (TPSA) is 21.6 Å². The fraction of sp³-hybridized carbons (Fsp3) is 0.235. The van der Waals surface area contributed by atoms with Crippen molar-refractivity contribution >= 4 is 17.5 Å². The Labute approximate surface area is 132 Å². The van der Waals surface area contributed by atoms with Crippen LogP contribution in [0, 0.1) is 17.6 Å². The molecule has 2 aromatic carbocycles. The average Bonchev–Trinajstić information content (AvgIpc) is 2.50. The zero-order chi connectivity index (χ0) is 15.7. The van der Waals surface area contributed by atoms with Crippen molar-refractivity contribution in [2.75, 3.05) is 6.54 Å². The Morgan fingerprint density at radius 1 is 1.09 bits per heavy atom. The summed E-state index contributed by atoms with van der Waals surface area (Å²) in [6, 6.07) is 10.9. The summed E-state index contributed by atoms with van der Waals surface area (Å²) < 4.78 is 33.6. The van der Waals surface area contributed by atoms with Crippen LogP contribution in [0.5, 0.6) is 0 Å². The smallest absolute Gasteiger partial charge is 0.222 e. The van der Waals surface area contributed by atoms with Crippen LogP contribution in [0.25, 0.3) is 0 Å². The third kappa shape index (κ3) is 2.83. The minimum Gasteiger partial charge on any atom is -0.469 e. The van der Waals surface area contributed by atoms with Gasteiger partial charge in [-0.2, -0.15) is 0 Å². The lowest BCUT2D eigenvalue weighted by Gasteiger charge is -2.29. The second-order valence-corrected chi connectivity index (χ2v) is 5.75. The van der Waals surface area contributed by atoms with E-state index >= 15 is 0 Å². The molecule has 0 saturated heterocycles. The van der Waals surface area contributed by atoms with Crippen molar-refractivity contribution < 1.29 is 13.5 Å². The van der Waals surface area contributed by atoms with Gasteiger partial charge in [0.1, 0.15) is 23.3 Å². The van der Waals surface area contributed by atoms with Crippen molar-refractivity contribution in [1.82, 2.24) is 0 Å². The number of rotatable bonds is 2. The fourth-order valence-corrected chi connectivity index (χ4v) is 2.61. The van der Waals surface area contributed by atoms with E-state index in [0.29, 0.717) is 11.6 Å². The van der Waals surface area contributed by atoms with Crippen LogP contribution in [0.15, 0.2) is 47.5 Å². The summed E-state index contributed by atoms with van der Waals surface area (Å²) in [5.41, 5.74) is 0.689. The first kappa shape index (κ1) is 15.0. The van der Waals surface area contributed by atoms with Crippen LogP contribution in [0.4, 0.5) is 8.78 Å². The number of hydrogen-bond donors (Lipinski definition) is 0. The molecule has 1 aliphatic rings. The molecular formula is C17H14ClF2NO. The van der Waals surface area contributed by atoms with Crippen LogP contribution in [0.1, 0.15) is 24.2 Å². The van der Waals surface area contributed by atoms with Gasteiger partial charge in [-0.3, -0.25) is 4.99 Å². The zero-order valence-corrected chi connectivity index (χ0v) is 12.6. The van der Waals surface area contributed by atoms with Crippen LogP contribution >= 0.6 is 11.6 Å². The molecule has 2 nitrogen and oxygen atoms in total. The van der Waals surface area contributed by atoms with E-state index in [0.717, 1.165) is 5.56 Å². The Morgan fingerprint density at radius 2 is 1.73 bits per heavy atom. The number of ether oxygens (including phenoxy) is 1. The molecule has 0 aromatic heterocycles. The first-order valence-corrected chi connectivity index (χ1v) is 7.35. The molecule has 22 heavy (non-hydrogen) atoms. The first-order chi connectivity index (χ1) is 10.6. The molecule has 1 aliphatic heterocycles. The van der Waals surface area contributed by atoms with Gasteiger partial charge in [0.2, 0.25) is 5.90 Å². The van der Waals surface area contributed by atoms with Gasteiger partial charge in [-0.1, -0.05) is 36.7 Å². The molecule has 0 spiro atoms. The van der Waals surface area contributed by atoms with Crippen molar-refractivity contribution in [3.63, 3.8) is 0 Å². The van der Waals surface area contributed by atoms with E-state index in [9.17, 15) is 8.78 Å². The Morgan fingerprint density at radius 3 is 2.36 bits per heavy atom. The molecule has 0 fully saturated rings. The molecule has 2 aromatic rings. The summed E-state index contributed by atoms with van der Waals surface area (Å²) >= 11 is 5.89. The Balaban J connectivity index is 1.94. The van der Waals surface area contributed by atoms with Crippen LogP contribution in [-0.2, 0) is 4.74 Å². The minimum absolute atomic E-state index is 0.00801. The highest BCUT2D eigenvalue weighted by atomic mass is 35.5. The Hall–Kier alpha value is -1.94. The monoisotopic (exact) mass is 321 g/mol. The maximum Gasteiger partial charge on any atom is 0.222 e. The van der Waals surface area contributed by atoms with Gasteiger partial charge < -0.3 is 4.74 Å². The van der Waals surface area contributed by atoms with Crippen LogP contribution < -0.4 is 0 Å².